The minimum Gasteiger partial charge on any atom is -0.372 e. The molecule has 2 aliphatic rings. The van der Waals surface area contributed by atoms with E-state index in [0.29, 0.717) is 24.5 Å². The van der Waals surface area contributed by atoms with Crippen LogP contribution >= 0.6 is 0 Å². The first-order valence-corrected chi connectivity index (χ1v) is 10.4. The average Bonchev–Trinajstić information content (AvgIpc) is 3.13. The van der Waals surface area contributed by atoms with Gasteiger partial charge in [-0.25, -0.2) is 9.18 Å². The molecule has 0 aromatic heterocycles. The number of carbonyl (C=O) groups excluding carboxylic acids is 1. The number of benzene rings is 1. The molecule has 0 saturated carbocycles. The summed E-state index contributed by atoms with van der Waals surface area (Å²) in [5, 5.41) is 5.78. The van der Waals surface area contributed by atoms with Crippen LogP contribution in [0, 0.1) is 5.82 Å². The number of halogens is 1. The molecule has 2 saturated heterocycles. The monoisotopic (exact) mass is 392 g/mol. The van der Waals surface area contributed by atoms with Crippen LogP contribution in [-0.4, -0.2) is 61.9 Å². The number of likely N-dealkylation sites (tertiary alicyclic amines) is 1. The molecule has 1 aromatic rings. The lowest BCUT2D eigenvalue weighted by Gasteiger charge is -2.37. The van der Waals surface area contributed by atoms with Crippen molar-refractivity contribution in [3.8, 4) is 0 Å². The van der Waals surface area contributed by atoms with E-state index in [1.54, 1.807) is 12.1 Å². The Kier molecular flexibility index (Phi) is 7.13. The van der Waals surface area contributed by atoms with E-state index in [4.69, 9.17) is 4.74 Å². The highest BCUT2D eigenvalue weighted by atomic mass is 19.1. The van der Waals surface area contributed by atoms with Crippen LogP contribution in [0.4, 0.5) is 20.6 Å². The first kappa shape index (κ1) is 20.9. The summed E-state index contributed by atoms with van der Waals surface area (Å²) in [6, 6.07) is 4.69. The van der Waals surface area contributed by atoms with E-state index in [0.717, 1.165) is 26.1 Å². The highest BCUT2D eigenvalue weighted by Crippen LogP contribution is 2.26. The Morgan fingerprint density at radius 2 is 1.93 bits per heavy atom. The fraction of sp³-hybridized carbons (Fsp3) is 0.667. The van der Waals surface area contributed by atoms with E-state index in [1.807, 2.05) is 18.7 Å². The zero-order valence-corrected chi connectivity index (χ0v) is 17.2. The summed E-state index contributed by atoms with van der Waals surface area (Å²) in [7, 11) is 0. The number of nitrogens with zero attached hydrogens (tertiary/aromatic N) is 2. The third kappa shape index (κ3) is 5.58. The molecule has 7 heteroatoms. The van der Waals surface area contributed by atoms with Crippen molar-refractivity contribution in [2.45, 2.75) is 58.3 Å². The molecule has 1 aromatic carbocycles. The number of morpholine rings is 1. The Morgan fingerprint density at radius 3 is 2.54 bits per heavy atom. The number of hydrogen-bond acceptors (Lipinski definition) is 4. The number of nitrogens with one attached hydrogen (secondary N) is 2. The number of amides is 2. The molecule has 0 radical (unpaired) electrons. The Balaban J connectivity index is 1.56. The minimum atomic E-state index is -0.330. The Hall–Kier alpha value is -1.86. The number of anilines is 2. The summed E-state index contributed by atoms with van der Waals surface area (Å²) < 4.78 is 20.4. The van der Waals surface area contributed by atoms with Crippen LogP contribution in [-0.2, 0) is 4.74 Å². The second-order valence-electron chi connectivity index (χ2n) is 8.04. The zero-order chi connectivity index (χ0) is 20.1. The van der Waals surface area contributed by atoms with Crippen molar-refractivity contribution in [3.05, 3.63) is 24.0 Å². The van der Waals surface area contributed by atoms with E-state index in [1.165, 1.54) is 18.9 Å². The summed E-state index contributed by atoms with van der Waals surface area (Å²) in [6.07, 6.45) is 3.45. The van der Waals surface area contributed by atoms with Crippen molar-refractivity contribution < 1.29 is 13.9 Å². The van der Waals surface area contributed by atoms with Gasteiger partial charge in [-0.05, 0) is 64.4 Å². The van der Waals surface area contributed by atoms with Gasteiger partial charge in [0.2, 0.25) is 0 Å². The average molecular weight is 393 g/mol. The number of hydrogen-bond donors (Lipinski definition) is 2. The molecule has 0 aliphatic carbocycles. The smallest absolute Gasteiger partial charge is 0.319 e. The molecule has 3 rings (SSSR count). The van der Waals surface area contributed by atoms with Gasteiger partial charge in [0.1, 0.15) is 5.82 Å². The largest absolute Gasteiger partial charge is 0.372 e. The maximum atomic E-state index is 14.7. The van der Waals surface area contributed by atoms with Gasteiger partial charge < -0.3 is 25.2 Å². The molecule has 6 nitrogen and oxygen atoms in total. The molecular weight excluding hydrogens is 359 g/mol. The van der Waals surface area contributed by atoms with E-state index >= 15 is 0 Å². The van der Waals surface area contributed by atoms with E-state index in [2.05, 4.69) is 22.5 Å². The van der Waals surface area contributed by atoms with Gasteiger partial charge >= 0.3 is 6.03 Å². The standard InChI is InChI=1S/C21H33FN4O2/c1-4-17(14-25-9-5-6-10-25)23-21(27)24-18-7-8-20(19(22)11-18)26-12-15(2)28-16(3)13-26/h7-8,11,15-17H,4-6,9-10,12-14H2,1-3H3,(H2,23,24,27)/t15-,16+,17-/m0/s1. The van der Waals surface area contributed by atoms with Crippen molar-refractivity contribution >= 4 is 17.4 Å². The van der Waals surface area contributed by atoms with Crippen LogP contribution in [0.1, 0.15) is 40.0 Å². The van der Waals surface area contributed by atoms with Gasteiger partial charge in [0, 0.05) is 31.4 Å². The molecule has 2 amide bonds. The van der Waals surface area contributed by atoms with Crippen molar-refractivity contribution in [2.24, 2.45) is 0 Å². The van der Waals surface area contributed by atoms with Gasteiger partial charge in [-0.15, -0.1) is 0 Å². The lowest BCUT2D eigenvalue weighted by atomic mass is 10.2. The van der Waals surface area contributed by atoms with Gasteiger partial charge in [-0.1, -0.05) is 6.92 Å². The molecular formula is C21H33FN4O2. The highest BCUT2D eigenvalue weighted by Gasteiger charge is 2.24. The lowest BCUT2D eigenvalue weighted by Crippen LogP contribution is -2.45. The predicted octanol–water partition coefficient (Wildman–Crippen LogP) is 3.44. The van der Waals surface area contributed by atoms with E-state index in [-0.39, 0.29) is 30.1 Å². The van der Waals surface area contributed by atoms with Crippen molar-refractivity contribution in [1.29, 1.82) is 0 Å². The number of carbonyl (C=O) groups is 1. The van der Waals surface area contributed by atoms with Crippen LogP contribution in [0.15, 0.2) is 18.2 Å². The SMILES string of the molecule is CC[C@@H](CN1CCCC1)NC(=O)Nc1ccc(N2C[C@@H](C)O[C@@H](C)C2)c(F)c1. The number of rotatable bonds is 6. The van der Waals surface area contributed by atoms with Crippen LogP contribution in [0.5, 0.6) is 0 Å². The van der Waals surface area contributed by atoms with Gasteiger partial charge in [0.05, 0.1) is 17.9 Å². The fourth-order valence-corrected chi connectivity index (χ4v) is 4.12. The fourth-order valence-electron chi connectivity index (χ4n) is 4.12. The zero-order valence-electron chi connectivity index (χ0n) is 17.2. The second-order valence-corrected chi connectivity index (χ2v) is 8.04. The Morgan fingerprint density at radius 1 is 1.25 bits per heavy atom. The highest BCUT2D eigenvalue weighted by molar-refractivity contribution is 5.89. The third-order valence-corrected chi connectivity index (χ3v) is 5.47. The molecule has 2 fully saturated rings. The summed E-state index contributed by atoms with van der Waals surface area (Å²) in [6.45, 7) is 10.4. The normalized spacial score (nSPS) is 24.2. The molecule has 2 N–H and O–H groups in total. The Bertz CT molecular complexity index is 656. The van der Waals surface area contributed by atoms with E-state index < -0.39 is 0 Å². The van der Waals surface area contributed by atoms with Crippen LogP contribution < -0.4 is 15.5 Å². The number of ether oxygens (including phenoxy) is 1. The minimum absolute atomic E-state index is 0.0633. The summed E-state index contributed by atoms with van der Waals surface area (Å²) in [5.41, 5.74) is 1.01. The molecule has 156 valence electrons. The second kappa shape index (κ2) is 9.56. The molecule has 2 aliphatic heterocycles. The first-order chi connectivity index (χ1) is 13.4. The van der Waals surface area contributed by atoms with Crippen LogP contribution in [0.25, 0.3) is 0 Å². The summed E-state index contributed by atoms with van der Waals surface area (Å²) in [5.74, 6) is -0.330. The molecule has 2 heterocycles. The molecule has 0 spiro atoms. The van der Waals surface area contributed by atoms with Gasteiger partial charge in [-0.3, -0.25) is 0 Å². The predicted molar refractivity (Wildman–Crippen MR) is 111 cm³/mol. The van der Waals surface area contributed by atoms with Gasteiger partial charge in [0.15, 0.2) is 0 Å². The number of urea groups is 1. The van der Waals surface area contributed by atoms with Gasteiger partial charge in [0.25, 0.3) is 0 Å². The molecule has 0 unspecified atom stereocenters. The molecule has 28 heavy (non-hydrogen) atoms. The summed E-state index contributed by atoms with van der Waals surface area (Å²) >= 11 is 0. The van der Waals surface area contributed by atoms with Crippen LogP contribution in [0.3, 0.4) is 0 Å². The summed E-state index contributed by atoms with van der Waals surface area (Å²) in [4.78, 5) is 16.7. The van der Waals surface area contributed by atoms with Crippen molar-refractivity contribution in [3.63, 3.8) is 0 Å². The van der Waals surface area contributed by atoms with E-state index in [9.17, 15) is 9.18 Å². The molecule has 3 atom stereocenters. The third-order valence-electron chi connectivity index (χ3n) is 5.47. The van der Waals surface area contributed by atoms with Crippen LogP contribution in [0.2, 0.25) is 0 Å². The van der Waals surface area contributed by atoms with Crippen molar-refractivity contribution in [2.75, 3.05) is 42.9 Å². The maximum Gasteiger partial charge on any atom is 0.319 e. The lowest BCUT2D eigenvalue weighted by molar-refractivity contribution is -0.00539. The topological polar surface area (TPSA) is 56.8 Å². The van der Waals surface area contributed by atoms with Gasteiger partial charge in [-0.2, -0.15) is 0 Å². The maximum absolute atomic E-state index is 14.7. The van der Waals surface area contributed by atoms with Crippen molar-refractivity contribution in [1.82, 2.24) is 10.2 Å². The Labute approximate surface area is 167 Å². The quantitative estimate of drug-likeness (QED) is 0.779. The first-order valence-electron chi connectivity index (χ1n) is 10.4. The molecule has 0 bridgehead atoms.